The van der Waals surface area contributed by atoms with Crippen molar-refractivity contribution in [2.45, 2.75) is 32.2 Å². The van der Waals surface area contributed by atoms with Gasteiger partial charge in [-0.25, -0.2) is 9.59 Å². The van der Waals surface area contributed by atoms with Gasteiger partial charge in [0.1, 0.15) is 6.04 Å². The summed E-state index contributed by atoms with van der Waals surface area (Å²) in [6.07, 6.45) is 1.85. The van der Waals surface area contributed by atoms with Crippen LogP contribution < -0.4 is 5.32 Å². The van der Waals surface area contributed by atoms with Gasteiger partial charge in [0.05, 0.1) is 6.61 Å². The highest BCUT2D eigenvalue weighted by Crippen LogP contribution is 2.08. The molecule has 1 rings (SSSR count). The fraction of sp³-hybridized carbons (Fsp3) is 0.778. The average molecular weight is 238 g/mol. The van der Waals surface area contributed by atoms with Gasteiger partial charge in [-0.15, -0.1) is 12.4 Å². The van der Waals surface area contributed by atoms with Crippen LogP contribution in [0.5, 0.6) is 0 Å². The highest BCUT2D eigenvalue weighted by atomic mass is 35.5. The van der Waals surface area contributed by atoms with Gasteiger partial charge in [0.25, 0.3) is 0 Å². The molecule has 0 aliphatic carbocycles. The van der Waals surface area contributed by atoms with Crippen LogP contribution in [-0.4, -0.2) is 31.3 Å². The second kappa shape index (κ2) is 7.48. The van der Waals surface area contributed by atoms with E-state index < -0.39 is 12.1 Å². The van der Waals surface area contributed by atoms with Gasteiger partial charge in [-0.05, 0) is 26.3 Å². The third-order valence-corrected chi connectivity index (χ3v) is 2.04. The number of piperidine rings is 1. The SMILES string of the molecule is CCOC(=O)OC(=O)C1CCCCN1.Cl. The zero-order chi connectivity index (χ0) is 10.4. The third-order valence-electron chi connectivity index (χ3n) is 2.04. The van der Waals surface area contributed by atoms with Gasteiger partial charge in [0, 0.05) is 0 Å². The minimum absolute atomic E-state index is 0. The average Bonchev–Trinajstić information content (AvgIpc) is 2.19. The zero-order valence-electron chi connectivity index (χ0n) is 8.65. The lowest BCUT2D eigenvalue weighted by Gasteiger charge is -2.20. The predicted molar refractivity (Wildman–Crippen MR) is 56.0 cm³/mol. The first-order valence-corrected chi connectivity index (χ1v) is 4.86. The second-order valence-electron chi connectivity index (χ2n) is 3.11. The largest absolute Gasteiger partial charge is 0.516 e. The molecule has 0 amide bonds. The zero-order valence-corrected chi connectivity index (χ0v) is 9.47. The molecule has 0 aromatic heterocycles. The third kappa shape index (κ3) is 4.99. The molecule has 0 spiro atoms. The van der Waals surface area contributed by atoms with E-state index in [1.165, 1.54) is 0 Å². The van der Waals surface area contributed by atoms with Crippen LogP contribution in [0, 0.1) is 0 Å². The maximum Gasteiger partial charge on any atom is 0.516 e. The Bertz CT molecular complexity index is 216. The second-order valence-corrected chi connectivity index (χ2v) is 3.11. The molecule has 15 heavy (non-hydrogen) atoms. The Morgan fingerprint density at radius 1 is 1.40 bits per heavy atom. The van der Waals surface area contributed by atoms with E-state index in [0.29, 0.717) is 0 Å². The Labute approximate surface area is 94.9 Å². The van der Waals surface area contributed by atoms with Crippen LogP contribution in [0.2, 0.25) is 0 Å². The summed E-state index contributed by atoms with van der Waals surface area (Å²) in [4.78, 5) is 22.1. The van der Waals surface area contributed by atoms with Crippen LogP contribution in [-0.2, 0) is 14.3 Å². The van der Waals surface area contributed by atoms with Crippen molar-refractivity contribution in [1.82, 2.24) is 5.32 Å². The van der Waals surface area contributed by atoms with Crippen molar-refractivity contribution < 1.29 is 19.1 Å². The molecular weight excluding hydrogens is 222 g/mol. The van der Waals surface area contributed by atoms with Gasteiger partial charge in [-0.3, -0.25) is 0 Å². The lowest BCUT2D eigenvalue weighted by Crippen LogP contribution is -2.42. The van der Waals surface area contributed by atoms with E-state index in [2.05, 4.69) is 14.8 Å². The van der Waals surface area contributed by atoms with Crippen LogP contribution in [0.3, 0.4) is 0 Å². The number of rotatable bonds is 2. The maximum absolute atomic E-state index is 11.3. The van der Waals surface area contributed by atoms with Crippen molar-refractivity contribution in [3.8, 4) is 0 Å². The predicted octanol–water partition coefficient (Wildman–Crippen LogP) is 1.25. The minimum Gasteiger partial charge on any atom is -0.434 e. The molecule has 1 aliphatic rings. The first-order valence-electron chi connectivity index (χ1n) is 4.86. The number of carbonyl (C=O) groups excluding carboxylic acids is 2. The lowest BCUT2D eigenvalue weighted by molar-refractivity contribution is -0.142. The Hall–Kier alpha value is -0.810. The molecule has 1 atom stereocenters. The molecular formula is C9H16ClNO4. The summed E-state index contributed by atoms with van der Waals surface area (Å²) in [5.74, 6) is -0.539. The molecule has 1 fully saturated rings. The summed E-state index contributed by atoms with van der Waals surface area (Å²) in [5, 5.41) is 2.98. The van der Waals surface area contributed by atoms with Crippen molar-refractivity contribution in [2.24, 2.45) is 0 Å². The van der Waals surface area contributed by atoms with E-state index >= 15 is 0 Å². The van der Waals surface area contributed by atoms with Crippen LogP contribution in [0.4, 0.5) is 4.79 Å². The van der Waals surface area contributed by atoms with Crippen molar-refractivity contribution in [3.05, 3.63) is 0 Å². The van der Waals surface area contributed by atoms with Crippen molar-refractivity contribution in [3.63, 3.8) is 0 Å². The molecule has 1 heterocycles. The molecule has 0 aromatic rings. The Kier molecular flexibility index (Phi) is 7.07. The molecule has 0 bridgehead atoms. The highest BCUT2D eigenvalue weighted by molar-refractivity contribution is 5.85. The van der Waals surface area contributed by atoms with Crippen LogP contribution in [0.15, 0.2) is 0 Å². The lowest BCUT2D eigenvalue weighted by atomic mass is 10.1. The van der Waals surface area contributed by atoms with Gasteiger partial charge in [0.15, 0.2) is 0 Å². The number of hydrogen-bond acceptors (Lipinski definition) is 5. The normalized spacial score (nSPS) is 19.9. The fourth-order valence-corrected chi connectivity index (χ4v) is 1.35. The number of halogens is 1. The number of nitrogens with one attached hydrogen (secondary N) is 1. The van der Waals surface area contributed by atoms with Crippen LogP contribution in [0.1, 0.15) is 26.2 Å². The van der Waals surface area contributed by atoms with Gasteiger partial charge in [-0.2, -0.15) is 0 Å². The Morgan fingerprint density at radius 2 is 2.13 bits per heavy atom. The monoisotopic (exact) mass is 237 g/mol. The summed E-state index contributed by atoms with van der Waals surface area (Å²) in [5.41, 5.74) is 0. The molecule has 0 saturated carbocycles. The molecule has 0 radical (unpaired) electrons. The quantitative estimate of drug-likeness (QED) is 0.579. The molecule has 5 nitrogen and oxygen atoms in total. The summed E-state index contributed by atoms with van der Waals surface area (Å²) in [6.45, 7) is 2.66. The number of esters is 1. The van der Waals surface area contributed by atoms with Crippen molar-refractivity contribution in [1.29, 1.82) is 0 Å². The van der Waals surface area contributed by atoms with Crippen LogP contribution >= 0.6 is 12.4 Å². The van der Waals surface area contributed by atoms with Crippen molar-refractivity contribution in [2.75, 3.05) is 13.2 Å². The molecule has 88 valence electrons. The Balaban J connectivity index is 0.00000196. The van der Waals surface area contributed by atoms with Gasteiger partial charge in [-0.1, -0.05) is 6.42 Å². The molecule has 6 heteroatoms. The maximum atomic E-state index is 11.3. The first kappa shape index (κ1) is 14.2. The Morgan fingerprint density at radius 3 is 2.67 bits per heavy atom. The number of ether oxygens (including phenoxy) is 2. The van der Waals surface area contributed by atoms with E-state index in [4.69, 9.17) is 0 Å². The van der Waals surface area contributed by atoms with Gasteiger partial charge in [0.2, 0.25) is 0 Å². The van der Waals surface area contributed by atoms with Gasteiger partial charge < -0.3 is 14.8 Å². The topological polar surface area (TPSA) is 64.6 Å². The number of hydrogen-bond donors (Lipinski definition) is 1. The van der Waals surface area contributed by atoms with E-state index in [-0.39, 0.29) is 25.1 Å². The summed E-state index contributed by atoms with van der Waals surface area (Å²) in [7, 11) is 0. The molecule has 1 aliphatic heterocycles. The molecule has 0 aromatic carbocycles. The molecule has 1 saturated heterocycles. The standard InChI is InChI=1S/C9H15NO4.ClH/c1-2-13-9(12)14-8(11)7-5-3-4-6-10-7;/h7,10H,2-6H2,1H3;1H. The van der Waals surface area contributed by atoms with E-state index in [1.54, 1.807) is 6.92 Å². The summed E-state index contributed by atoms with van der Waals surface area (Å²) in [6, 6.07) is -0.354. The van der Waals surface area contributed by atoms with Gasteiger partial charge >= 0.3 is 12.1 Å². The smallest absolute Gasteiger partial charge is 0.434 e. The molecule has 1 N–H and O–H groups in total. The van der Waals surface area contributed by atoms with E-state index in [0.717, 1.165) is 25.8 Å². The fourth-order valence-electron chi connectivity index (χ4n) is 1.35. The molecule has 1 unspecified atom stereocenters. The first-order chi connectivity index (χ1) is 6.74. The summed E-state index contributed by atoms with van der Waals surface area (Å²) < 4.78 is 8.96. The minimum atomic E-state index is -0.912. The number of carbonyl (C=O) groups is 2. The van der Waals surface area contributed by atoms with Crippen LogP contribution in [0.25, 0.3) is 0 Å². The summed E-state index contributed by atoms with van der Waals surface area (Å²) >= 11 is 0. The highest BCUT2D eigenvalue weighted by Gasteiger charge is 2.24. The van der Waals surface area contributed by atoms with Crippen molar-refractivity contribution >= 4 is 24.5 Å². The van der Waals surface area contributed by atoms with E-state index in [9.17, 15) is 9.59 Å². The van der Waals surface area contributed by atoms with E-state index in [1.807, 2.05) is 0 Å².